The standard InChI is InChI=1S/C16H21NO2S2.C12H13NOS2.C3H6O/c1-3-14(18)11(2)15(19)17-13(10-21-16(17)20)9-12-7-5-4-6-8-12;1-9(14)13-11(8-16-12(13)15)7-10-5-3-2-4-6-10;1-2-3-4/h4-8,11,13-14,18H,3,9-10H2,1-2H3;2-6,11H,7-8H2,1H3;3H,2H2,1H3/t11-,13-,14+;11-;/m00./s1. The number of thioether (sulfide) groups is 2. The van der Waals surface area contributed by atoms with Gasteiger partial charge in [0.05, 0.1) is 24.1 Å². The quantitative estimate of drug-likeness (QED) is 0.283. The van der Waals surface area contributed by atoms with Gasteiger partial charge in [-0.25, -0.2) is 0 Å². The van der Waals surface area contributed by atoms with Crippen LogP contribution in [0.2, 0.25) is 0 Å². The van der Waals surface area contributed by atoms with Crippen LogP contribution >= 0.6 is 48.0 Å². The van der Waals surface area contributed by atoms with E-state index < -0.39 is 12.0 Å². The van der Waals surface area contributed by atoms with Gasteiger partial charge in [-0.15, -0.1) is 0 Å². The number of hydrogen-bond donors (Lipinski definition) is 1. The lowest BCUT2D eigenvalue weighted by atomic mass is 9.99. The van der Waals surface area contributed by atoms with Crippen molar-refractivity contribution >= 4 is 74.7 Å². The average Bonchev–Trinajstić information content (AvgIpc) is 3.54. The second-order valence-electron chi connectivity index (χ2n) is 9.78. The molecule has 222 valence electrons. The maximum Gasteiger partial charge on any atom is 0.233 e. The Morgan fingerprint density at radius 2 is 1.32 bits per heavy atom. The molecule has 0 unspecified atom stereocenters. The molecule has 0 aliphatic carbocycles. The van der Waals surface area contributed by atoms with Crippen LogP contribution in [-0.2, 0) is 27.2 Å². The number of hydrogen-bond acceptors (Lipinski definition) is 8. The Morgan fingerprint density at radius 1 is 0.902 bits per heavy atom. The Kier molecular flexibility index (Phi) is 15.8. The van der Waals surface area contributed by atoms with E-state index in [4.69, 9.17) is 24.4 Å². The van der Waals surface area contributed by atoms with E-state index in [-0.39, 0.29) is 23.9 Å². The first-order chi connectivity index (χ1) is 19.6. The summed E-state index contributed by atoms with van der Waals surface area (Å²) in [6.07, 6.45) is 3.16. The van der Waals surface area contributed by atoms with E-state index in [1.807, 2.05) is 50.2 Å². The van der Waals surface area contributed by atoms with Crippen LogP contribution in [-0.4, -0.2) is 71.3 Å². The molecule has 6 nitrogen and oxygen atoms in total. The zero-order valence-electron chi connectivity index (χ0n) is 24.1. The van der Waals surface area contributed by atoms with Crippen LogP contribution in [0.1, 0.15) is 51.7 Å². The molecule has 2 heterocycles. The molecule has 2 aromatic carbocycles. The smallest absolute Gasteiger partial charge is 0.233 e. The SMILES string of the molecule is CC(=O)N1C(=S)SC[C@@H]1Cc1ccccc1.CCC=O.CC[C@@H](O)[C@H](C)C(=O)N1C(=S)SC[C@@H]1Cc1ccccc1. The van der Waals surface area contributed by atoms with E-state index in [2.05, 4.69) is 24.3 Å². The molecule has 0 aromatic heterocycles. The molecule has 2 saturated heterocycles. The van der Waals surface area contributed by atoms with Crippen molar-refractivity contribution in [3.8, 4) is 0 Å². The first-order valence-corrected chi connectivity index (χ1v) is 16.6. The lowest BCUT2D eigenvalue weighted by Gasteiger charge is -2.28. The van der Waals surface area contributed by atoms with Gasteiger partial charge in [-0.1, -0.05) is 129 Å². The third-order valence-electron chi connectivity index (χ3n) is 6.68. The van der Waals surface area contributed by atoms with Crippen molar-refractivity contribution in [1.82, 2.24) is 9.80 Å². The highest BCUT2D eigenvalue weighted by Gasteiger charge is 2.37. The fourth-order valence-electron chi connectivity index (χ4n) is 4.39. The van der Waals surface area contributed by atoms with E-state index in [1.165, 1.54) is 11.1 Å². The number of benzene rings is 2. The molecule has 0 saturated carbocycles. The summed E-state index contributed by atoms with van der Waals surface area (Å²) in [5.41, 5.74) is 2.46. The third-order valence-corrected chi connectivity index (χ3v) is 9.77. The van der Waals surface area contributed by atoms with Gasteiger partial charge in [-0.2, -0.15) is 0 Å². The van der Waals surface area contributed by atoms with Gasteiger partial charge in [-0.3, -0.25) is 19.4 Å². The van der Waals surface area contributed by atoms with Crippen LogP contribution in [0, 0.1) is 5.92 Å². The minimum absolute atomic E-state index is 0.0518. The number of carbonyl (C=O) groups is 3. The summed E-state index contributed by atoms with van der Waals surface area (Å²) in [4.78, 5) is 36.7. The van der Waals surface area contributed by atoms with E-state index in [1.54, 1.807) is 47.2 Å². The van der Waals surface area contributed by atoms with Crippen LogP contribution in [0.25, 0.3) is 0 Å². The average molecular weight is 633 g/mol. The van der Waals surface area contributed by atoms with Crippen LogP contribution in [0.15, 0.2) is 60.7 Å². The van der Waals surface area contributed by atoms with Crippen LogP contribution in [0.3, 0.4) is 0 Å². The summed E-state index contributed by atoms with van der Waals surface area (Å²) >= 11 is 13.7. The highest BCUT2D eigenvalue weighted by atomic mass is 32.2. The highest BCUT2D eigenvalue weighted by molar-refractivity contribution is 8.23. The molecule has 2 aliphatic heterocycles. The second kappa shape index (κ2) is 18.4. The van der Waals surface area contributed by atoms with Gasteiger partial charge in [-0.05, 0) is 30.4 Å². The molecular weight excluding hydrogens is 593 g/mol. The summed E-state index contributed by atoms with van der Waals surface area (Å²) in [6.45, 7) is 7.05. The number of aldehydes is 1. The lowest BCUT2D eigenvalue weighted by molar-refractivity contribution is -0.135. The molecule has 2 aromatic rings. The largest absolute Gasteiger partial charge is 0.392 e. The molecule has 0 spiro atoms. The zero-order valence-corrected chi connectivity index (χ0v) is 27.4. The number of amides is 2. The molecule has 0 radical (unpaired) electrons. The highest BCUT2D eigenvalue weighted by Crippen LogP contribution is 2.29. The van der Waals surface area contributed by atoms with Gasteiger partial charge in [0.25, 0.3) is 0 Å². The Hall–Kier alpha value is -2.11. The molecule has 41 heavy (non-hydrogen) atoms. The summed E-state index contributed by atoms with van der Waals surface area (Å²) in [6, 6.07) is 20.7. The van der Waals surface area contributed by atoms with Crippen LogP contribution < -0.4 is 0 Å². The number of thiocarbonyl (C=S) groups is 2. The van der Waals surface area contributed by atoms with Crippen molar-refractivity contribution in [3.05, 3.63) is 71.8 Å². The molecule has 4 rings (SSSR count). The Labute approximate surface area is 263 Å². The van der Waals surface area contributed by atoms with Crippen molar-refractivity contribution < 1.29 is 19.5 Å². The van der Waals surface area contributed by atoms with Gasteiger partial charge in [0, 0.05) is 24.9 Å². The number of aliphatic hydroxyl groups excluding tert-OH is 1. The van der Waals surface area contributed by atoms with E-state index in [9.17, 15) is 19.5 Å². The summed E-state index contributed by atoms with van der Waals surface area (Å²) < 4.78 is 1.35. The molecule has 1 N–H and O–H groups in total. The minimum atomic E-state index is -0.608. The maximum atomic E-state index is 12.6. The summed E-state index contributed by atoms with van der Waals surface area (Å²) in [7, 11) is 0. The van der Waals surface area contributed by atoms with Crippen molar-refractivity contribution in [2.45, 2.75) is 71.6 Å². The molecule has 2 fully saturated rings. The Morgan fingerprint density at radius 3 is 1.71 bits per heavy atom. The summed E-state index contributed by atoms with van der Waals surface area (Å²) in [5.74, 6) is 1.32. The fourth-order valence-corrected chi connectivity index (χ4v) is 7.31. The Balaban J connectivity index is 0.000000261. The summed E-state index contributed by atoms with van der Waals surface area (Å²) in [5, 5.41) is 9.92. The third kappa shape index (κ3) is 10.9. The maximum absolute atomic E-state index is 12.6. The molecule has 2 amide bonds. The van der Waals surface area contributed by atoms with Crippen molar-refractivity contribution in [2.24, 2.45) is 5.92 Å². The van der Waals surface area contributed by atoms with Crippen molar-refractivity contribution in [1.29, 1.82) is 0 Å². The molecule has 10 heteroatoms. The fraction of sp³-hybridized carbons (Fsp3) is 0.452. The van der Waals surface area contributed by atoms with Crippen molar-refractivity contribution in [3.63, 3.8) is 0 Å². The van der Waals surface area contributed by atoms with E-state index in [0.717, 1.165) is 30.6 Å². The Bertz CT molecular complexity index is 1150. The molecule has 2 aliphatic rings. The van der Waals surface area contributed by atoms with E-state index in [0.29, 0.717) is 21.5 Å². The number of nitrogens with zero attached hydrogens (tertiary/aromatic N) is 2. The van der Waals surface area contributed by atoms with Gasteiger partial charge in [0.1, 0.15) is 14.9 Å². The molecule has 4 atom stereocenters. The van der Waals surface area contributed by atoms with Gasteiger partial charge in [0.2, 0.25) is 11.8 Å². The van der Waals surface area contributed by atoms with E-state index >= 15 is 0 Å². The zero-order chi connectivity index (χ0) is 30.4. The monoisotopic (exact) mass is 632 g/mol. The van der Waals surface area contributed by atoms with Crippen LogP contribution in [0.5, 0.6) is 0 Å². The predicted octanol–water partition coefficient (Wildman–Crippen LogP) is 5.94. The normalized spacial score (nSPS) is 19.4. The topological polar surface area (TPSA) is 77.9 Å². The molecular formula is C31H40N2O4S4. The van der Waals surface area contributed by atoms with Crippen molar-refractivity contribution in [2.75, 3.05) is 11.5 Å². The van der Waals surface area contributed by atoms with Crippen LogP contribution in [0.4, 0.5) is 0 Å². The van der Waals surface area contributed by atoms with Gasteiger partial charge >= 0.3 is 0 Å². The first kappa shape index (κ1) is 35.1. The second-order valence-corrected chi connectivity index (χ2v) is 13.1. The molecule has 0 bridgehead atoms. The number of carbonyl (C=O) groups excluding carboxylic acids is 3. The predicted molar refractivity (Wildman–Crippen MR) is 179 cm³/mol. The number of rotatable bonds is 8. The van der Waals surface area contributed by atoms with Gasteiger partial charge in [0.15, 0.2) is 0 Å². The number of aliphatic hydroxyl groups is 1. The first-order valence-electron chi connectivity index (χ1n) is 13.8. The minimum Gasteiger partial charge on any atom is -0.392 e. The van der Waals surface area contributed by atoms with Gasteiger partial charge < -0.3 is 9.90 Å². The lowest BCUT2D eigenvalue weighted by Crippen LogP contribution is -2.45.